The van der Waals surface area contributed by atoms with Gasteiger partial charge < -0.3 is 29.6 Å². The molecule has 0 spiro atoms. The monoisotopic (exact) mass is 573 g/mol. The minimum atomic E-state index is -4.13. The summed E-state index contributed by atoms with van der Waals surface area (Å²) in [6.45, 7) is 5.02. The Labute approximate surface area is 233 Å². The lowest BCUT2D eigenvalue weighted by Crippen LogP contribution is -2.42. The van der Waals surface area contributed by atoms with Crippen molar-refractivity contribution in [3.05, 3.63) is 42.7 Å². The number of nitrogens with zero attached hydrogens (tertiary/aromatic N) is 6. The molecule has 3 aromatic rings. The van der Waals surface area contributed by atoms with Crippen LogP contribution < -0.4 is 19.9 Å². The number of carboxylic acids is 1. The fourth-order valence-electron chi connectivity index (χ4n) is 4.71. The van der Waals surface area contributed by atoms with Crippen molar-refractivity contribution in [3.8, 4) is 11.6 Å². The first-order valence-electron chi connectivity index (χ1n) is 12.9. The maximum absolute atomic E-state index is 14.4. The molecule has 0 amide bonds. The van der Waals surface area contributed by atoms with E-state index in [-0.39, 0.29) is 24.5 Å². The highest BCUT2D eigenvalue weighted by Gasteiger charge is 2.44. The Bertz CT molecular complexity index is 1440. The first kappa shape index (κ1) is 29.3. The number of ether oxygens (including phenoxy) is 1. The number of fused-ring (bicyclic) bond motifs is 1. The average Bonchev–Trinajstić information content (AvgIpc) is 3.53. The minimum Gasteiger partial charge on any atom is -0.480 e. The number of anilines is 2. The molecule has 0 bridgehead atoms. The zero-order valence-electron chi connectivity index (χ0n) is 23.5. The number of aromatic nitrogens is 4. The van der Waals surface area contributed by atoms with Crippen molar-refractivity contribution in [2.24, 2.45) is 5.92 Å². The minimum absolute atomic E-state index is 0.0419. The van der Waals surface area contributed by atoms with Gasteiger partial charge in [0.15, 0.2) is 11.2 Å². The zero-order valence-corrected chi connectivity index (χ0v) is 24.4. The molecule has 2 heterocycles. The number of allylic oxidation sites excluding steroid dienone is 1. The van der Waals surface area contributed by atoms with Crippen LogP contribution in [0.1, 0.15) is 33.2 Å². The topological polar surface area (TPSA) is 158 Å². The molecule has 0 saturated carbocycles. The molecular weight excluding hydrogens is 537 g/mol. The number of carbonyl (C=O) groups is 1. The molecule has 0 aliphatic heterocycles. The van der Waals surface area contributed by atoms with Gasteiger partial charge in [0.25, 0.3) is 0 Å². The molecule has 14 heteroatoms. The van der Waals surface area contributed by atoms with Gasteiger partial charge in [0.05, 0.1) is 26.1 Å². The van der Waals surface area contributed by atoms with Gasteiger partial charge in [-0.05, 0) is 39.3 Å². The van der Waals surface area contributed by atoms with Crippen LogP contribution in [-0.2, 0) is 13.9 Å². The number of rotatable bonds is 12. The predicted molar refractivity (Wildman–Crippen MR) is 152 cm³/mol. The van der Waals surface area contributed by atoms with E-state index in [2.05, 4.69) is 15.0 Å². The van der Waals surface area contributed by atoms with Crippen LogP contribution in [0.25, 0.3) is 11.2 Å². The summed E-state index contributed by atoms with van der Waals surface area (Å²) in [5.41, 5.74) is 7.73. The summed E-state index contributed by atoms with van der Waals surface area (Å²) in [4.78, 5) is 26.7. The summed E-state index contributed by atoms with van der Waals surface area (Å²) in [5.74, 6) is -0.587. The summed E-state index contributed by atoms with van der Waals surface area (Å²) in [6, 6.07) is 5.39. The van der Waals surface area contributed by atoms with E-state index in [4.69, 9.17) is 19.5 Å². The van der Waals surface area contributed by atoms with E-state index >= 15 is 0 Å². The molecule has 1 aliphatic rings. The number of methoxy groups -OCH3 is 1. The Balaban J connectivity index is 1.57. The van der Waals surface area contributed by atoms with Crippen LogP contribution in [0.5, 0.6) is 11.6 Å². The first-order chi connectivity index (χ1) is 18.9. The van der Waals surface area contributed by atoms with Crippen LogP contribution in [0.15, 0.2) is 42.7 Å². The van der Waals surface area contributed by atoms with E-state index in [1.165, 1.54) is 18.7 Å². The van der Waals surface area contributed by atoms with E-state index < -0.39 is 25.8 Å². The Morgan fingerprint density at radius 3 is 2.65 bits per heavy atom. The van der Waals surface area contributed by atoms with Gasteiger partial charge >= 0.3 is 13.7 Å². The van der Waals surface area contributed by atoms with Gasteiger partial charge in [0.1, 0.15) is 11.8 Å². The van der Waals surface area contributed by atoms with E-state index in [1.807, 2.05) is 41.8 Å². The fourth-order valence-corrected chi connectivity index (χ4v) is 6.84. The van der Waals surface area contributed by atoms with Crippen LogP contribution >= 0.6 is 7.75 Å². The highest BCUT2D eigenvalue weighted by atomic mass is 31.2. The summed E-state index contributed by atoms with van der Waals surface area (Å²) in [7, 11) is 1.12. The highest BCUT2D eigenvalue weighted by molar-refractivity contribution is 7.51. The molecule has 1 aromatic carbocycles. The van der Waals surface area contributed by atoms with Crippen LogP contribution in [0.2, 0.25) is 0 Å². The number of nitrogens with two attached hydrogens (primary N) is 1. The van der Waals surface area contributed by atoms with Gasteiger partial charge in [-0.3, -0.25) is 9.32 Å². The van der Waals surface area contributed by atoms with Crippen LogP contribution in [0.4, 0.5) is 11.6 Å². The molecule has 3 N–H and O–H groups in total. The van der Waals surface area contributed by atoms with Crippen molar-refractivity contribution in [3.63, 3.8) is 0 Å². The summed E-state index contributed by atoms with van der Waals surface area (Å²) >= 11 is 0. The molecule has 4 rings (SSSR count). The Morgan fingerprint density at radius 2 is 2.00 bits per heavy atom. The second kappa shape index (κ2) is 11.8. The lowest BCUT2D eigenvalue weighted by atomic mass is 10.1. The van der Waals surface area contributed by atoms with Crippen LogP contribution in [0, 0.1) is 5.92 Å². The fraction of sp³-hybridized carbons (Fsp3) is 0.462. The Kier molecular flexibility index (Phi) is 8.67. The number of hydrogen-bond acceptors (Lipinski definition) is 10. The molecule has 2 unspecified atom stereocenters. The van der Waals surface area contributed by atoms with Crippen molar-refractivity contribution in [2.45, 2.75) is 45.3 Å². The molecule has 13 nitrogen and oxygen atoms in total. The van der Waals surface area contributed by atoms with Gasteiger partial charge in [-0.2, -0.15) is 14.6 Å². The Morgan fingerprint density at radius 1 is 1.25 bits per heavy atom. The van der Waals surface area contributed by atoms with Crippen molar-refractivity contribution < 1.29 is 28.3 Å². The number of benzene rings is 1. The smallest absolute Gasteiger partial charge is 0.462 e. The quantitative estimate of drug-likeness (QED) is 0.237. The maximum Gasteiger partial charge on any atom is 0.462 e. The summed E-state index contributed by atoms with van der Waals surface area (Å²) in [5, 5.41) is 9.78. The molecule has 0 saturated heterocycles. The highest BCUT2D eigenvalue weighted by Crippen LogP contribution is 2.55. The molecule has 1 aliphatic carbocycles. The van der Waals surface area contributed by atoms with E-state index in [9.17, 15) is 14.5 Å². The molecule has 0 fully saturated rings. The van der Waals surface area contributed by atoms with Crippen molar-refractivity contribution in [2.75, 3.05) is 38.4 Å². The lowest BCUT2D eigenvalue weighted by Gasteiger charge is -2.35. The van der Waals surface area contributed by atoms with E-state index in [1.54, 1.807) is 38.4 Å². The maximum atomic E-state index is 14.4. The number of aliphatic carboxylic acids is 1. The molecule has 0 radical (unpaired) electrons. The van der Waals surface area contributed by atoms with E-state index in [0.717, 1.165) is 5.69 Å². The molecule has 216 valence electrons. The number of nitrogen functional groups attached to an aromatic ring is 1. The lowest BCUT2D eigenvalue weighted by molar-refractivity contribution is -0.141. The van der Waals surface area contributed by atoms with E-state index in [0.29, 0.717) is 29.2 Å². The third-order valence-corrected chi connectivity index (χ3v) is 8.97. The second-order valence-electron chi connectivity index (χ2n) is 10.1. The molecule has 2 aromatic heterocycles. The van der Waals surface area contributed by atoms with Gasteiger partial charge in [0.2, 0.25) is 11.8 Å². The number of imidazole rings is 1. The van der Waals surface area contributed by atoms with Gasteiger partial charge in [0, 0.05) is 37.8 Å². The van der Waals surface area contributed by atoms with Crippen molar-refractivity contribution in [1.29, 1.82) is 0 Å². The number of hydrogen-bond donors (Lipinski definition) is 2. The first-order valence-corrected chi connectivity index (χ1v) is 14.4. The normalized spacial score (nSPS) is 19.2. The molecule has 4 atom stereocenters. The SMILES string of the molecule is COc1nc(N)nc2c1ncn2[C@H]1C=C[C@@H](COP(=O)(Oc2cccc(N(C)C)c2)N(C(C)C)C(C)C(=O)O)C1. The zero-order chi connectivity index (χ0) is 29.2. The second-order valence-corrected chi connectivity index (χ2v) is 11.9. The van der Waals surface area contributed by atoms with Crippen LogP contribution in [-0.4, -0.2) is 75.2 Å². The third-order valence-electron chi connectivity index (χ3n) is 6.68. The van der Waals surface area contributed by atoms with Crippen LogP contribution in [0.3, 0.4) is 0 Å². The van der Waals surface area contributed by atoms with Gasteiger partial charge in [-0.15, -0.1) is 0 Å². The Hall–Kier alpha value is -3.67. The van der Waals surface area contributed by atoms with Crippen molar-refractivity contribution in [1.82, 2.24) is 24.2 Å². The average molecular weight is 574 g/mol. The van der Waals surface area contributed by atoms with Gasteiger partial charge in [-0.1, -0.05) is 18.2 Å². The summed E-state index contributed by atoms with van der Waals surface area (Å²) < 4.78 is 35.0. The third kappa shape index (κ3) is 6.06. The largest absolute Gasteiger partial charge is 0.480 e. The summed E-state index contributed by atoms with van der Waals surface area (Å²) in [6.07, 6.45) is 6.21. The van der Waals surface area contributed by atoms with Crippen molar-refractivity contribution >= 4 is 36.5 Å². The number of carboxylic acid groups (broad SMARTS) is 1. The van der Waals surface area contributed by atoms with Gasteiger partial charge in [-0.25, -0.2) is 9.55 Å². The standard InChI is InChI=1S/C26H36N7O6P/c1-16(2)33(17(3)25(34)35)40(36,39-21-9-7-8-19(13-21)31(4)5)38-14-18-10-11-20(12-18)32-15-28-22-23(32)29-26(27)30-24(22)37-6/h7-11,13,15-18,20H,12,14H2,1-6H3,(H,34,35)(H2,27,29,30)/t17?,18-,20+,40?/m1/s1. The molecular formula is C26H36N7O6P. The predicted octanol–water partition coefficient (Wildman–Crippen LogP) is 3.99. The molecule has 40 heavy (non-hydrogen) atoms.